The third kappa shape index (κ3) is 5.57. The van der Waals surface area contributed by atoms with Crippen molar-refractivity contribution in [1.82, 2.24) is 0 Å². The predicted octanol–water partition coefficient (Wildman–Crippen LogP) is 2.12. The summed E-state index contributed by atoms with van der Waals surface area (Å²) in [6.45, 7) is 4.33. The average molecular weight is 128 g/mol. The Kier molecular flexibility index (Phi) is 5.64. The summed E-state index contributed by atoms with van der Waals surface area (Å²) in [5.74, 6) is 0. The van der Waals surface area contributed by atoms with E-state index in [0.29, 0.717) is 0 Å². The first-order chi connectivity index (χ1) is 4.31. The van der Waals surface area contributed by atoms with E-state index in [1.165, 1.54) is 12.8 Å². The molecule has 0 aliphatic heterocycles. The summed E-state index contributed by atoms with van der Waals surface area (Å²) in [4.78, 5) is 0. The van der Waals surface area contributed by atoms with Gasteiger partial charge in [-0.25, -0.2) is 0 Å². The number of aliphatic hydroxyl groups excluding tert-OH is 1. The van der Waals surface area contributed by atoms with Gasteiger partial charge in [-0.05, 0) is 13.3 Å². The number of allylic oxidation sites excluding steroid dienone is 1. The first-order valence-electron chi connectivity index (χ1n) is 3.57. The Bertz CT molecular complexity index is 84.6. The van der Waals surface area contributed by atoms with Crippen LogP contribution >= 0.6 is 0 Å². The lowest BCUT2D eigenvalue weighted by molar-refractivity contribution is 0.331. The van der Waals surface area contributed by atoms with Crippen molar-refractivity contribution in [3.05, 3.63) is 11.6 Å². The quantitative estimate of drug-likeness (QED) is 0.454. The second-order valence-corrected chi connectivity index (χ2v) is 2.35. The molecule has 0 aliphatic rings. The van der Waals surface area contributed by atoms with Crippen LogP contribution in [0.4, 0.5) is 0 Å². The van der Waals surface area contributed by atoms with Gasteiger partial charge in [0, 0.05) is 0 Å². The van der Waals surface area contributed by atoms with Gasteiger partial charge in [-0.3, -0.25) is 0 Å². The van der Waals surface area contributed by atoms with E-state index in [4.69, 9.17) is 5.11 Å². The molecule has 0 heterocycles. The maximum atomic E-state index is 8.57. The molecule has 0 aliphatic carbocycles. The lowest BCUT2D eigenvalue weighted by Crippen LogP contribution is -1.82. The van der Waals surface area contributed by atoms with Crippen molar-refractivity contribution in [1.29, 1.82) is 0 Å². The second-order valence-electron chi connectivity index (χ2n) is 2.35. The van der Waals surface area contributed by atoms with Crippen molar-refractivity contribution in [2.24, 2.45) is 0 Å². The van der Waals surface area contributed by atoms with Crippen molar-refractivity contribution in [2.45, 2.75) is 33.1 Å². The summed E-state index contributed by atoms with van der Waals surface area (Å²) in [5, 5.41) is 8.57. The van der Waals surface area contributed by atoms with Gasteiger partial charge in [-0.15, -0.1) is 0 Å². The molecule has 0 bridgehead atoms. The molecule has 0 aromatic heterocycles. The van der Waals surface area contributed by atoms with Gasteiger partial charge in [-0.2, -0.15) is 0 Å². The number of hydrogen-bond donors (Lipinski definition) is 1. The smallest absolute Gasteiger partial charge is 0.0639 e. The van der Waals surface area contributed by atoms with Crippen LogP contribution < -0.4 is 0 Å². The first-order valence-corrected chi connectivity index (χ1v) is 3.57. The molecule has 0 atom stereocenters. The van der Waals surface area contributed by atoms with Crippen LogP contribution in [-0.4, -0.2) is 11.7 Å². The Labute approximate surface area is 57.4 Å². The zero-order chi connectivity index (χ0) is 7.11. The van der Waals surface area contributed by atoms with E-state index in [1.807, 2.05) is 6.92 Å². The minimum absolute atomic E-state index is 0.212. The molecular formula is C8H16O. The molecule has 0 radical (unpaired) electrons. The van der Waals surface area contributed by atoms with Gasteiger partial charge in [0.2, 0.25) is 0 Å². The lowest BCUT2D eigenvalue weighted by Gasteiger charge is -1.92. The molecule has 1 nitrogen and oxygen atoms in total. The molecule has 0 fully saturated rings. The molecule has 0 rings (SSSR count). The Balaban J connectivity index is 3.21. The Morgan fingerprint density at radius 2 is 2.22 bits per heavy atom. The van der Waals surface area contributed by atoms with Gasteiger partial charge in [0.05, 0.1) is 6.61 Å². The van der Waals surface area contributed by atoms with Crippen LogP contribution in [0.1, 0.15) is 33.1 Å². The molecule has 0 saturated heterocycles. The zero-order valence-corrected chi connectivity index (χ0v) is 6.35. The van der Waals surface area contributed by atoms with E-state index in [-0.39, 0.29) is 6.61 Å². The van der Waals surface area contributed by atoms with Crippen LogP contribution in [0.15, 0.2) is 11.6 Å². The van der Waals surface area contributed by atoms with Crippen LogP contribution in [0.3, 0.4) is 0 Å². The van der Waals surface area contributed by atoms with E-state index in [0.717, 1.165) is 12.0 Å². The summed E-state index contributed by atoms with van der Waals surface area (Å²) < 4.78 is 0. The fourth-order valence-corrected chi connectivity index (χ4v) is 0.617. The molecule has 0 unspecified atom stereocenters. The van der Waals surface area contributed by atoms with Crippen LogP contribution in [0.5, 0.6) is 0 Å². The van der Waals surface area contributed by atoms with Gasteiger partial charge in [0.15, 0.2) is 0 Å². The molecule has 0 spiro atoms. The number of aliphatic hydroxyl groups is 1. The van der Waals surface area contributed by atoms with Gasteiger partial charge >= 0.3 is 0 Å². The summed E-state index contributed by atoms with van der Waals surface area (Å²) in [6.07, 6.45) is 5.68. The van der Waals surface area contributed by atoms with Crippen LogP contribution in [0.2, 0.25) is 0 Å². The lowest BCUT2D eigenvalue weighted by atomic mass is 10.2. The number of rotatable bonds is 4. The molecule has 0 aromatic rings. The topological polar surface area (TPSA) is 20.2 Å². The molecule has 9 heavy (non-hydrogen) atoms. The SMILES string of the molecule is CCCC/C=C(\C)CO. The van der Waals surface area contributed by atoms with Crippen LogP contribution in [-0.2, 0) is 0 Å². The highest BCUT2D eigenvalue weighted by molar-refractivity contribution is 4.96. The highest BCUT2D eigenvalue weighted by atomic mass is 16.3. The highest BCUT2D eigenvalue weighted by Gasteiger charge is 1.83. The Hall–Kier alpha value is -0.300. The maximum Gasteiger partial charge on any atom is 0.0639 e. The van der Waals surface area contributed by atoms with Crippen molar-refractivity contribution in [2.75, 3.05) is 6.61 Å². The number of hydrogen-bond acceptors (Lipinski definition) is 1. The van der Waals surface area contributed by atoms with Gasteiger partial charge in [-0.1, -0.05) is 31.4 Å². The third-order valence-corrected chi connectivity index (χ3v) is 1.30. The van der Waals surface area contributed by atoms with Gasteiger partial charge < -0.3 is 5.11 Å². The van der Waals surface area contributed by atoms with E-state index in [2.05, 4.69) is 13.0 Å². The highest BCUT2D eigenvalue weighted by Crippen LogP contribution is 1.99. The van der Waals surface area contributed by atoms with Crippen LogP contribution in [0.25, 0.3) is 0 Å². The summed E-state index contributed by atoms with van der Waals surface area (Å²) in [6, 6.07) is 0. The molecule has 1 N–H and O–H groups in total. The predicted molar refractivity (Wildman–Crippen MR) is 40.4 cm³/mol. The standard InChI is InChI=1S/C8H16O/c1-3-4-5-6-8(2)7-9/h6,9H,3-5,7H2,1-2H3/b8-6+. The van der Waals surface area contributed by atoms with E-state index < -0.39 is 0 Å². The van der Waals surface area contributed by atoms with Crippen molar-refractivity contribution in [3.8, 4) is 0 Å². The zero-order valence-electron chi connectivity index (χ0n) is 6.35. The fraction of sp³-hybridized carbons (Fsp3) is 0.750. The molecule has 0 aromatic carbocycles. The largest absolute Gasteiger partial charge is 0.392 e. The minimum Gasteiger partial charge on any atom is -0.392 e. The average Bonchev–Trinajstić information content (AvgIpc) is 1.89. The Morgan fingerprint density at radius 1 is 1.56 bits per heavy atom. The van der Waals surface area contributed by atoms with E-state index in [9.17, 15) is 0 Å². The fourth-order valence-electron chi connectivity index (χ4n) is 0.617. The summed E-state index contributed by atoms with van der Waals surface area (Å²) in [5.41, 5.74) is 1.09. The molecule has 0 saturated carbocycles. The first kappa shape index (κ1) is 8.70. The Morgan fingerprint density at radius 3 is 2.67 bits per heavy atom. The second kappa shape index (κ2) is 5.83. The van der Waals surface area contributed by atoms with E-state index in [1.54, 1.807) is 0 Å². The van der Waals surface area contributed by atoms with Crippen molar-refractivity contribution in [3.63, 3.8) is 0 Å². The maximum absolute atomic E-state index is 8.57. The van der Waals surface area contributed by atoms with Gasteiger partial charge in [0.1, 0.15) is 0 Å². The number of unbranched alkanes of at least 4 members (excludes halogenated alkanes) is 2. The monoisotopic (exact) mass is 128 g/mol. The van der Waals surface area contributed by atoms with Crippen molar-refractivity contribution < 1.29 is 5.11 Å². The van der Waals surface area contributed by atoms with Crippen molar-refractivity contribution >= 4 is 0 Å². The van der Waals surface area contributed by atoms with Crippen LogP contribution in [0, 0.1) is 0 Å². The summed E-state index contributed by atoms with van der Waals surface area (Å²) >= 11 is 0. The normalized spacial score (nSPS) is 12.1. The molecular weight excluding hydrogens is 112 g/mol. The molecule has 1 heteroatoms. The van der Waals surface area contributed by atoms with E-state index >= 15 is 0 Å². The summed E-state index contributed by atoms with van der Waals surface area (Å²) in [7, 11) is 0. The molecule has 54 valence electrons. The molecule has 0 amide bonds. The van der Waals surface area contributed by atoms with Gasteiger partial charge in [0.25, 0.3) is 0 Å². The third-order valence-electron chi connectivity index (χ3n) is 1.30. The minimum atomic E-state index is 0.212.